The molecule has 6 heteroatoms. The van der Waals surface area contributed by atoms with Crippen LogP contribution in [0.1, 0.15) is 12.8 Å². The monoisotopic (exact) mass is 289 g/mol. The number of hydrogen-bond acceptors (Lipinski definition) is 3. The van der Waals surface area contributed by atoms with Crippen molar-refractivity contribution in [2.45, 2.75) is 18.9 Å². The molecule has 1 saturated heterocycles. The van der Waals surface area contributed by atoms with Gasteiger partial charge in [0.1, 0.15) is 17.1 Å². The minimum absolute atomic E-state index is 0.0779. The summed E-state index contributed by atoms with van der Waals surface area (Å²) in [7, 11) is -3.27. The SMILES string of the molecule is O=S(=O)(CCl)N1CCC(Oc2ccccc2)CC1. The molecule has 0 atom stereocenters. The first-order valence-electron chi connectivity index (χ1n) is 5.87. The Morgan fingerprint density at radius 1 is 1.22 bits per heavy atom. The molecule has 4 nitrogen and oxygen atoms in total. The molecular formula is C12H16ClNO3S. The number of alkyl halides is 1. The smallest absolute Gasteiger partial charge is 0.228 e. The Labute approximate surface area is 113 Å². The molecule has 1 fully saturated rings. The van der Waals surface area contributed by atoms with Crippen LogP contribution in [-0.4, -0.2) is 37.1 Å². The van der Waals surface area contributed by atoms with Crippen LogP contribution < -0.4 is 4.74 Å². The summed E-state index contributed by atoms with van der Waals surface area (Å²) in [5.41, 5.74) is 0. The third-order valence-electron chi connectivity index (χ3n) is 2.98. The van der Waals surface area contributed by atoms with Gasteiger partial charge >= 0.3 is 0 Å². The first-order chi connectivity index (χ1) is 8.62. The van der Waals surface area contributed by atoms with E-state index in [4.69, 9.17) is 16.3 Å². The molecule has 1 heterocycles. The van der Waals surface area contributed by atoms with Gasteiger partial charge in [-0.3, -0.25) is 0 Å². The summed E-state index contributed by atoms with van der Waals surface area (Å²) in [5, 5.41) is -0.350. The number of sulfonamides is 1. The summed E-state index contributed by atoms with van der Waals surface area (Å²) < 4.78 is 30.4. The zero-order chi connectivity index (χ0) is 13.0. The van der Waals surface area contributed by atoms with Crippen molar-refractivity contribution in [2.24, 2.45) is 0 Å². The van der Waals surface area contributed by atoms with Gasteiger partial charge in [-0.25, -0.2) is 12.7 Å². The van der Waals surface area contributed by atoms with E-state index in [0.29, 0.717) is 25.9 Å². The van der Waals surface area contributed by atoms with Gasteiger partial charge in [-0.05, 0) is 25.0 Å². The Kier molecular flexibility index (Phi) is 4.48. The lowest BCUT2D eigenvalue weighted by atomic mass is 10.1. The minimum Gasteiger partial charge on any atom is -0.490 e. The van der Waals surface area contributed by atoms with E-state index in [1.807, 2.05) is 30.3 Å². The molecule has 0 aliphatic carbocycles. The molecule has 0 aromatic heterocycles. The number of benzene rings is 1. The van der Waals surface area contributed by atoms with Crippen LogP contribution in [0.2, 0.25) is 0 Å². The van der Waals surface area contributed by atoms with Gasteiger partial charge in [0.05, 0.1) is 0 Å². The standard InChI is InChI=1S/C12H16ClNO3S/c13-10-18(15,16)14-8-6-12(7-9-14)17-11-4-2-1-3-5-11/h1-5,12H,6-10H2. The van der Waals surface area contributed by atoms with Crippen LogP contribution in [0.3, 0.4) is 0 Å². The number of nitrogens with zero attached hydrogens (tertiary/aromatic N) is 1. The predicted molar refractivity (Wildman–Crippen MR) is 71.3 cm³/mol. The third-order valence-corrected chi connectivity index (χ3v) is 5.23. The van der Waals surface area contributed by atoms with Crippen molar-refractivity contribution < 1.29 is 13.2 Å². The van der Waals surface area contributed by atoms with Crippen molar-refractivity contribution >= 4 is 21.6 Å². The Morgan fingerprint density at radius 3 is 2.39 bits per heavy atom. The summed E-state index contributed by atoms with van der Waals surface area (Å²) in [4.78, 5) is 0. The van der Waals surface area contributed by atoms with Crippen molar-refractivity contribution in [1.82, 2.24) is 4.31 Å². The second kappa shape index (κ2) is 5.91. The van der Waals surface area contributed by atoms with Crippen molar-refractivity contribution in [1.29, 1.82) is 0 Å². The molecule has 1 aliphatic heterocycles. The summed E-state index contributed by atoms with van der Waals surface area (Å²) in [6, 6.07) is 9.58. The highest BCUT2D eigenvalue weighted by Gasteiger charge is 2.27. The quantitative estimate of drug-likeness (QED) is 0.797. The highest BCUT2D eigenvalue weighted by atomic mass is 35.5. The molecule has 0 saturated carbocycles. The van der Waals surface area contributed by atoms with E-state index < -0.39 is 10.0 Å². The second-order valence-electron chi connectivity index (χ2n) is 4.25. The average Bonchev–Trinajstić information content (AvgIpc) is 2.40. The molecule has 0 radical (unpaired) electrons. The van der Waals surface area contributed by atoms with Gasteiger partial charge in [-0.1, -0.05) is 18.2 Å². The molecule has 100 valence electrons. The lowest BCUT2D eigenvalue weighted by molar-refractivity contribution is 0.135. The molecule has 18 heavy (non-hydrogen) atoms. The number of halogens is 1. The van der Waals surface area contributed by atoms with Crippen molar-refractivity contribution in [2.75, 3.05) is 18.3 Å². The van der Waals surface area contributed by atoms with E-state index in [1.54, 1.807) is 0 Å². The second-order valence-corrected chi connectivity index (χ2v) is 6.80. The molecule has 0 spiro atoms. The van der Waals surface area contributed by atoms with Crippen LogP contribution in [0.25, 0.3) is 0 Å². The molecule has 1 aliphatic rings. The maximum atomic E-state index is 11.6. The number of para-hydroxylation sites is 1. The minimum atomic E-state index is -3.27. The van der Waals surface area contributed by atoms with E-state index in [9.17, 15) is 8.42 Å². The number of hydrogen-bond donors (Lipinski definition) is 0. The summed E-state index contributed by atoms with van der Waals surface area (Å²) >= 11 is 5.43. The van der Waals surface area contributed by atoms with Crippen LogP contribution in [0.5, 0.6) is 5.75 Å². The number of ether oxygens (including phenoxy) is 1. The number of rotatable bonds is 4. The molecule has 0 bridgehead atoms. The highest BCUT2D eigenvalue weighted by Crippen LogP contribution is 2.20. The fourth-order valence-electron chi connectivity index (χ4n) is 1.99. The normalized spacial score (nSPS) is 18.7. The zero-order valence-electron chi connectivity index (χ0n) is 9.96. The summed E-state index contributed by atoms with van der Waals surface area (Å²) in [6.45, 7) is 0.957. The van der Waals surface area contributed by atoms with Gasteiger partial charge in [-0.2, -0.15) is 0 Å². The van der Waals surface area contributed by atoms with Gasteiger partial charge < -0.3 is 4.74 Å². The first-order valence-corrected chi connectivity index (χ1v) is 8.01. The maximum Gasteiger partial charge on any atom is 0.228 e. The van der Waals surface area contributed by atoms with E-state index in [2.05, 4.69) is 0 Å². The molecule has 1 aromatic rings. The molecular weight excluding hydrogens is 274 g/mol. The van der Waals surface area contributed by atoms with E-state index in [-0.39, 0.29) is 11.3 Å². The molecule has 0 N–H and O–H groups in total. The van der Waals surface area contributed by atoms with Gasteiger partial charge in [0.25, 0.3) is 0 Å². The van der Waals surface area contributed by atoms with Crippen LogP contribution in [0.4, 0.5) is 0 Å². The highest BCUT2D eigenvalue weighted by molar-refractivity contribution is 7.90. The van der Waals surface area contributed by atoms with E-state index in [0.717, 1.165) is 5.75 Å². The fourth-order valence-corrected chi connectivity index (χ4v) is 3.31. The van der Waals surface area contributed by atoms with Crippen molar-refractivity contribution in [3.63, 3.8) is 0 Å². The topological polar surface area (TPSA) is 46.6 Å². The van der Waals surface area contributed by atoms with Crippen LogP contribution >= 0.6 is 11.6 Å². The first kappa shape index (κ1) is 13.6. The van der Waals surface area contributed by atoms with Gasteiger partial charge in [-0.15, -0.1) is 11.6 Å². The van der Waals surface area contributed by atoms with Crippen LogP contribution in [0.15, 0.2) is 30.3 Å². The van der Waals surface area contributed by atoms with Crippen molar-refractivity contribution in [3.05, 3.63) is 30.3 Å². The lowest BCUT2D eigenvalue weighted by Gasteiger charge is -2.30. The fraction of sp³-hybridized carbons (Fsp3) is 0.500. The third kappa shape index (κ3) is 3.37. The molecule has 1 aromatic carbocycles. The predicted octanol–water partition coefficient (Wildman–Crippen LogP) is 2.06. The molecule has 0 amide bonds. The average molecular weight is 290 g/mol. The molecule has 2 rings (SSSR count). The van der Waals surface area contributed by atoms with Gasteiger partial charge in [0.2, 0.25) is 10.0 Å². The summed E-state index contributed by atoms with van der Waals surface area (Å²) in [5.74, 6) is 0.830. The van der Waals surface area contributed by atoms with Crippen LogP contribution in [0, 0.1) is 0 Å². The van der Waals surface area contributed by atoms with Gasteiger partial charge in [0.15, 0.2) is 0 Å². The Bertz CT molecular complexity index is 469. The summed E-state index contributed by atoms with van der Waals surface area (Å²) in [6.07, 6.45) is 1.48. The maximum absolute atomic E-state index is 11.6. The Hall–Kier alpha value is -0.780. The Balaban J connectivity index is 1.88. The van der Waals surface area contributed by atoms with E-state index >= 15 is 0 Å². The Morgan fingerprint density at radius 2 is 1.83 bits per heavy atom. The lowest BCUT2D eigenvalue weighted by Crippen LogP contribution is -2.42. The van der Waals surface area contributed by atoms with Crippen molar-refractivity contribution in [3.8, 4) is 5.75 Å². The van der Waals surface area contributed by atoms with E-state index in [1.165, 1.54) is 4.31 Å². The largest absolute Gasteiger partial charge is 0.490 e. The number of piperidine rings is 1. The van der Waals surface area contributed by atoms with Gasteiger partial charge in [0, 0.05) is 13.1 Å². The zero-order valence-corrected chi connectivity index (χ0v) is 11.5. The molecule has 0 unspecified atom stereocenters. The van der Waals surface area contributed by atoms with Crippen LogP contribution in [-0.2, 0) is 10.0 Å².